The molecule has 0 bridgehead atoms. The molecule has 5 nitrogen and oxygen atoms in total. The maximum atomic E-state index is 5.86. The molecule has 0 radical (unpaired) electrons. The van der Waals surface area contributed by atoms with Crippen molar-refractivity contribution in [2.24, 2.45) is 0 Å². The minimum Gasteiger partial charge on any atom is -0.489 e. The summed E-state index contributed by atoms with van der Waals surface area (Å²) < 4.78 is 11.7. The minimum atomic E-state index is 0.125. The van der Waals surface area contributed by atoms with Gasteiger partial charge in [-0.15, -0.1) is 0 Å². The van der Waals surface area contributed by atoms with Crippen LogP contribution in [0, 0.1) is 0 Å². The number of pyridine rings is 1. The van der Waals surface area contributed by atoms with Crippen LogP contribution in [-0.2, 0) is 11.2 Å². The van der Waals surface area contributed by atoms with Gasteiger partial charge in [0, 0.05) is 44.6 Å². The Kier molecular flexibility index (Phi) is 5.14. The third-order valence-corrected chi connectivity index (χ3v) is 4.96. The SMILES string of the molecule is c1cncc(OC[C@@H]2CN(CCN3CCc4ccccc43)CCO2)c1. The second kappa shape index (κ2) is 7.85. The Morgan fingerprint density at radius 2 is 2.08 bits per heavy atom. The number of anilines is 1. The summed E-state index contributed by atoms with van der Waals surface area (Å²) in [5.74, 6) is 0.803. The first kappa shape index (κ1) is 16.4. The largest absolute Gasteiger partial charge is 0.489 e. The first-order valence-electron chi connectivity index (χ1n) is 9.08. The highest BCUT2D eigenvalue weighted by Gasteiger charge is 2.23. The molecule has 1 fully saturated rings. The van der Waals surface area contributed by atoms with Gasteiger partial charge in [0.2, 0.25) is 0 Å². The highest BCUT2D eigenvalue weighted by molar-refractivity contribution is 5.57. The number of rotatable bonds is 6. The van der Waals surface area contributed by atoms with E-state index < -0.39 is 0 Å². The number of morpholine rings is 1. The number of benzene rings is 1. The van der Waals surface area contributed by atoms with Crippen LogP contribution in [0.5, 0.6) is 5.75 Å². The summed E-state index contributed by atoms with van der Waals surface area (Å²) in [5.41, 5.74) is 2.89. The van der Waals surface area contributed by atoms with Gasteiger partial charge in [0.25, 0.3) is 0 Å². The van der Waals surface area contributed by atoms with Gasteiger partial charge >= 0.3 is 0 Å². The molecule has 2 aliphatic rings. The van der Waals surface area contributed by atoms with Gasteiger partial charge < -0.3 is 14.4 Å². The van der Waals surface area contributed by atoms with Gasteiger partial charge in [0.1, 0.15) is 18.5 Å². The maximum absolute atomic E-state index is 5.86. The molecule has 0 aliphatic carbocycles. The molecular weight excluding hydrogens is 314 g/mol. The van der Waals surface area contributed by atoms with Crippen molar-refractivity contribution in [3.8, 4) is 5.75 Å². The zero-order valence-electron chi connectivity index (χ0n) is 14.5. The van der Waals surface area contributed by atoms with Crippen molar-refractivity contribution < 1.29 is 9.47 Å². The summed E-state index contributed by atoms with van der Waals surface area (Å²) >= 11 is 0. The molecule has 1 saturated heterocycles. The van der Waals surface area contributed by atoms with Crippen LogP contribution in [0.2, 0.25) is 0 Å². The van der Waals surface area contributed by atoms with Gasteiger partial charge in [0.15, 0.2) is 0 Å². The number of hydrogen-bond donors (Lipinski definition) is 0. The molecule has 2 aliphatic heterocycles. The van der Waals surface area contributed by atoms with Gasteiger partial charge in [-0.05, 0) is 30.2 Å². The van der Waals surface area contributed by atoms with Crippen molar-refractivity contribution in [3.63, 3.8) is 0 Å². The zero-order valence-corrected chi connectivity index (χ0v) is 14.5. The lowest BCUT2D eigenvalue weighted by Crippen LogP contribution is -2.47. The first-order valence-corrected chi connectivity index (χ1v) is 9.08. The Bertz CT molecular complexity index is 680. The third-order valence-electron chi connectivity index (χ3n) is 4.96. The lowest BCUT2D eigenvalue weighted by atomic mass is 10.2. The van der Waals surface area contributed by atoms with Gasteiger partial charge in [-0.3, -0.25) is 9.88 Å². The number of aromatic nitrogens is 1. The van der Waals surface area contributed by atoms with Crippen molar-refractivity contribution in [1.29, 1.82) is 0 Å². The van der Waals surface area contributed by atoms with E-state index in [9.17, 15) is 0 Å². The fourth-order valence-corrected chi connectivity index (χ4v) is 3.61. The van der Waals surface area contributed by atoms with Crippen LogP contribution >= 0.6 is 0 Å². The van der Waals surface area contributed by atoms with E-state index >= 15 is 0 Å². The number of hydrogen-bond acceptors (Lipinski definition) is 5. The normalized spacial score (nSPS) is 20.5. The van der Waals surface area contributed by atoms with E-state index in [1.54, 1.807) is 12.4 Å². The molecule has 1 aromatic heterocycles. The fraction of sp³-hybridized carbons (Fsp3) is 0.450. The van der Waals surface area contributed by atoms with Gasteiger partial charge in [-0.1, -0.05) is 18.2 Å². The molecule has 4 rings (SSSR count). The van der Waals surface area contributed by atoms with Crippen molar-refractivity contribution in [1.82, 2.24) is 9.88 Å². The lowest BCUT2D eigenvalue weighted by Gasteiger charge is -2.34. The summed E-state index contributed by atoms with van der Waals surface area (Å²) in [6, 6.07) is 12.6. The molecule has 0 N–H and O–H groups in total. The smallest absolute Gasteiger partial charge is 0.137 e. The predicted octanol–water partition coefficient (Wildman–Crippen LogP) is 2.22. The molecule has 0 amide bonds. The summed E-state index contributed by atoms with van der Waals surface area (Å²) in [6.45, 7) is 6.56. The summed E-state index contributed by atoms with van der Waals surface area (Å²) in [6.07, 6.45) is 4.79. The van der Waals surface area contributed by atoms with E-state index in [2.05, 4.69) is 39.0 Å². The average Bonchev–Trinajstić information content (AvgIpc) is 3.09. The molecule has 0 spiro atoms. The Morgan fingerprint density at radius 1 is 1.12 bits per heavy atom. The lowest BCUT2D eigenvalue weighted by molar-refractivity contribution is -0.0471. The van der Waals surface area contributed by atoms with E-state index in [0.29, 0.717) is 6.61 Å². The van der Waals surface area contributed by atoms with Crippen LogP contribution in [-0.4, -0.2) is 61.9 Å². The molecule has 1 atom stereocenters. The third kappa shape index (κ3) is 4.11. The van der Waals surface area contributed by atoms with Crippen LogP contribution in [0.15, 0.2) is 48.8 Å². The zero-order chi connectivity index (χ0) is 16.9. The molecular formula is C20H25N3O2. The predicted molar refractivity (Wildman–Crippen MR) is 98.3 cm³/mol. The van der Waals surface area contributed by atoms with Crippen molar-refractivity contribution in [3.05, 3.63) is 54.4 Å². The minimum absolute atomic E-state index is 0.125. The van der Waals surface area contributed by atoms with E-state index in [1.165, 1.54) is 17.7 Å². The fourth-order valence-electron chi connectivity index (χ4n) is 3.61. The maximum Gasteiger partial charge on any atom is 0.137 e. The molecule has 132 valence electrons. The van der Waals surface area contributed by atoms with Gasteiger partial charge in [-0.2, -0.15) is 0 Å². The quantitative estimate of drug-likeness (QED) is 0.807. The first-order chi connectivity index (χ1) is 12.4. The summed E-state index contributed by atoms with van der Waals surface area (Å²) in [7, 11) is 0. The molecule has 5 heteroatoms. The van der Waals surface area contributed by atoms with Crippen molar-refractivity contribution in [2.45, 2.75) is 12.5 Å². The van der Waals surface area contributed by atoms with Gasteiger partial charge in [-0.25, -0.2) is 0 Å². The number of fused-ring (bicyclic) bond motifs is 1. The molecule has 0 unspecified atom stereocenters. The standard InChI is InChI=1S/C20H25N3O2/c1-2-6-20-17(4-1)7-9-23(20)11-10-22-12-13-24-19(15-22)16-25-18-5-3-8-21-14-18/h1-6,8,14,19H,7,9-13,15-16H2/t19-/m0/s1. The van der Waals surface area contributed by atoms with E-state index in [4.69, 9.17) is 9.47 Å². The molecule has 2 aromatic rings. The monoisotopic (exact) mass is 339 g/mol. The highest BCUT2D eigenvalue weighted by Crippen LogP contribution is 2.27. The Hall–Kier alpha value is -2.11. The van der Waals surface area contributed by atoms with Crippen LogP contribution in [0.25, 0.3) is 0 Å². The van der Waals surface area contributed by atoms with Crippen LogP contribution in [0.3, 0.4) is 0 Å². The van der Waals surface area contributed by atoms with Crippen LogP contribution < -0.4 is 9.64 Å². The second-order valence-corrected chi connectivity index (χ2v) is 6.66. The van der Waals surface area contributed by atoms with E-state index in [-0.39, 0.29) is 6.10 Å². The second-order valence-electron chi connectivity index (χ2n) is 6.66. The number of nitrogens with zero attached hydrogens (tertiary/aromatic N) is 3. The van der Waals surface area contributed by atoms with E-state index in [0.717, 1.165) is 45.1 Å². The molecule has 3 heterocycles. The van der Waals surface area contributed by atoms with Gasteiger partial charge in [0.05, 0.1) is 12.8 Å². The summed E-state index contributed by atoms with van der Waals surface area (Å²) in [5, 5.41) is 0. The Labute approximate surface area is 149 Å². The Morgan fingerprint density at radius 3 is 3.00 bits per heavy atom. The number of para-hydroxylation sites is 1. The number of ether oxygens (including phenoxy) is 2. The van der Waals surface area contributed by atoms with E-state index in [1.807, 2.05) is 12.1 Å². The average molecular weight is 339 g/mol. The van der Waals surface area contributed by atoms with Crippen molar-refractivity contribution in [2.75, 3.05) is 50.8 Å². The molecule has 0 saturated carbocycles. The molecule has 25 heavy (non-hydrogen) atoms. The Balaban J connectivity index is 1.25. The summed E-state index contributed by atoms with van der Waals surface area (Å²) in [4.78, 5) is 9.07. The molecule has 1 aromatic carbocycles. The van der Waals surface area contributed by atoms with Crippen LogP contribution in [0.4, 0.5) is 5.69 Å². The van der Waals surface area contributed by atoms with Crippen LogP contribution in [0.1, 0.15) is 5.56 Å². The highest BCUT2D eigenvalue weighted by atomic mass is 16.5. The topological polar surface area (TPSA) is 37.8 Å². The van der Waals surface area contributed by atoms with Crippen molar-refractivity contribution >= 4 is 5.69 Å².